The predicted molar refractivity (Wildman–Crippen MR) is 97.8 cm³/mol. The lowest BCUT2D eigenvalue weighted by atomic mass is 10.2. The predicted octanol–water partition coefficient (Wildman–Crippen LogP) is 3.66. The molecule has 0 amide bonds. The van der Waals surface area contributed by atoms with Crippen LogP contribution in [0, 0.1) is 6.92 Å². The fraction of sp³-hybridized carbons (Fsp3) is 0.167. The zero-order valence-corrected chi connectivity index (χ0v) is 13.8. The van der Waals surface area contributed by atoms with Gasteiger partial charge >= 0.3 is 0 Å². The Balaban J connectivity index is 1.95. The van der Waals surface area contributed by atoms with Crippen LogP contribution in [-0.2, 0) is 0 Å². The van der Waals surface area contributed by atoms with Crippen molar-refractivity contribution in [1.29, 1.82) is 0 Å². The standard InChI is InChI=1S/C18H20N6/c1-3-24(14-9-5-4-6-10-14)18-16(19)17(20-12-21-18)23-15-11-7-8-13(2)22-15/h4-12H,3,19H2,1-2H3,(H,20,21,22,23). The van der Waals surface area contributed by atoms with Crippen molar-refractivity contribution in [1.82, 2.24) is 15.0 Å². The fourth-order valence-electron chi connectivity index (χ4n) is 2.50. The number of aromatic nitrogens is 3. The van der Waals surface area contributed by atoms with Gasteiger partial charge in [-0.15, -0.1) is 0 Å². The molecule has 0 fully saturated rings. The van der Waals surface area contributed by atoms with Crippen molar-refractivity contribution in [3.63, 3.8) is 0 Å². The highest BCUT2D eigenvalue weighted by Crippen LogP contribution is 2.32. The minimum Gasteiger partial charge on any atom is -0.393 e. The molecule has 1 aromatic carbocycles. The number of nitrogens with two attached hydrogens (primary N) is 1. The zero-order valence-electron chi connectivity index (χ0n) is 13.8. The van der Waals surface area contributed by atoms with Gasteiger partial charge in [-0.25, -0.2) is 15.0 Å². The molecular weight excluding hydrogens is 300 g/mol. The van der Waals surface area contributed by atoms with Crippen molar-refractivity contribution in [2.75, 3.05) is 22.5 Å². The minimum absolute atomic E-state index is 0.492. The molecule has 0 radical (unpaired) electrons. The number of anilines is 5. The third-order valence-electron chi connectivity index (χ3n) is 3.64. The summed E-state index contributed by atoms with van der Waals surface area (Å²) in [5.74, 6) is 1.93. The third-order valence-corrected chi connectivity index (χ3v) is 3.64. The van der Waals surface area contributed by atoms with Crippen molar-refractivity contribution >= 4 is 28.8 Å². The molecule has 2 aromatic heterocycles. The summed E-state index contributed by atoms with van der Waals surface area (Å²) >= 11 is 0. The van der Waals surface area contributed by atoms with Crippen molar-refractivity contribution in [2.24, 2.45) is 0 Å². The van der Waals surface area contributed by atoms with Crippen LogP contribution in [0.15, 0.2) is 54.9 Å². The Hall–Kier alpha value is -3.15. The first kappa shape index (κ1) is 15.7. The topological polar surface area (TPSA) is 80.0 Å². The van der Waals surface area contributed by atoms with Gasteiger partial charge in [0.05, 0.1) is 0 Å². The summed E-state index contributed by atoms with van der Waals surface area (Å²) in [5, 5.41) is 3.17. The molecule has 3 N–H and O–H groups in total. The van der Waals surface area contributed by atoms with E-state index in [2.05, 4.69) is 27.2 Å². The monoisotopic (exact) mass is 320 g/mol. The van der Waals surface area contributed by atoms with Crippen LogP contribution in [0.2, 0.25) is 0 Å². The van der Waals surface area contributed by atoms with Gasteiger partial charge in [-0.05, 0) is 38.1 Å². The fourth-order valence-corrected chi connectivity index (χ4v) is 2.50. The summed E-state index contributed by atoms with van der Waals surface area (Å²) in [6.07, 6.45) is 1.51. The van der Waals surface area contributed by atoms with Gasteiger partial charge in [-0.1, -0.05) is 24.3 Å². The van der Waals surface area contributed by atoms with Crippen molar-refractivity contribution in [3.8, 4) is 0 Å². The molecule has 6 nitrogen and oxygen atoms in total. The van der Waals surface area contributed by atoms with Crippen molar-refractivity contribution < 1.29 is 0 Å². The van der Waals surface area contributed by atoms with Gasteiger partial charge in [0.15, 0.2) is 11.6 Å². The lowest BCUT2D eigenvalue weighted by molar-refractivity contribution is 0.980. The zero-order chi connectivity index (χ0) is 16.9. The summed E-state index contributed by atoms with van der Waals surface area (Å²) in [5.41, 5.74) is 8.77. The van der Waals surface area contributed by atoms with E-state index in [1.54, 1.807) is 0 Å². The van der Waals surface area contributed by atoms with E-state index in [0.717, 1.165) is 17.9 Å². The number of hydrogen-bond donors (Lipinski definition) is 2. The molecule has 0 saturated carbocycles. The molecule has 0 saturated heterocycles. The molecule has 122 valence electrons. The van der Waals surface area contributed by atoms with Gasteiger partial charge in [0, 0.05) is 17.9 Å². The Morgan fingerprint density at radius 2 is 1.83 bits per heavy atom. The molecule has 0 atom stereocenters. The molecule has 0 unspecified atom stereocenters. The number of para-hydroxylation sites is 1. The smallest absolute Gasteiger partial charge is 0.161 e. The largest absolute Gasteiger partial charge is 0.393 e. The maximum atomic E-state index is 6.33. The number of nitrogen functional groups attached to an aromatic ring is 1. The number of nitrogens with one attached hydrogen (secondary N) is 1. The average Bonchev–Trinajstić information content (AvgIpc) is 2.60. The lowest BCUT2D eigenvalue weighted by Gasteiger charge is -2.24. The summed E-state index contributed by atoms with van der Waals surface area (Å²) in [6, 6.07) is 15.8. The van der Waals surface area contributed by atoms with Crippen LogP contribution >= 0.6 is 0 Å². The first-order valence-electron chi connectivity index (χ1n) is 7.82. The van der Waals surface area contributed by atoms with Crippen LogP contribution in [0.4, 0.5) is 28.8 Å². The SMILES string of the molecule is CCN(c1ccccc1)c1ncnc(Nc2cccc(C)n2)c1N. The quantitative estimate of drug-likeness (QED) is 0.747. The molecule has 2 heterocycles. The Labute approximate surface area is 141 Å². The second-order valence-corrected chi connectivity index (χ2v) is 5.33. The number of aryl methyl sites for hydroxylation is 1. The van der Waals surface area contributed by atoms with E-state index in [4.69, 9.17) is 5.73 Å². The maximum Gasteiger partial charge on any atom is 0.161 e. The van der Waals surface area contributed by atoms with Crippen LogP contribution in [0.5, 0.6) is 0 Å². The molecular formula is C18H20N6. The summed E-state index contributed by atoms with van der Waals surface area (Å²) in [6.45, 7) is 4.74. The van der Waals surface area contributed by atoms with Crippen LogP contribution in [0.1, 0.15) is 12.6 Å². The third kappa shape index (κ3) is 3.27. The van der Waals surface area contributed by atoms with Gasteiger partial charge < -0.3 is 16.0 Å². The summed E-state index contributed by atoms with van der Waals surface area (Å²) in [7, 11) is 0. The number of rotatable bonds is 5. The van der Waals surface area contributed by atoms with E-state index in [1.807, 2.05) is 60.4 Å². The lowest BCUT2D eigenvalue weighted by Crippen LogP contribution is -2.19. The number of benzene rings is 1. The average molecular weight is 320 g/mol. The Morgan fingerprint density at radius 3 is 2.54 bits per heavy atom. The normalized spacial score (nSPS) is 10.4. The Bertz CT molecular complexity index is 819. The van der Waals surface area contributed by atoms with Gasteiger partial charge in [0.1, 0.15) is 17.8 Å². The van der Waals surface area contributed by atoms with Crippen LogP contribution < -0.4 is 16.0 Å². The molecule has 3 aromatic rings. The van der Waals surface area contributed by atoms with Gasteiger partial charge in [-0.3, -0.25) is 0 Å². The first-order chi connectivity index (χ1) is 11.7. The van der Waals surface area contributed by atoms with Crippen molar-refractivity contribution in [3.05, 3.63) is 60.6 Å². The highest BCUT2D eigenvalue weighted by atomic mass is 15.2. The number of nitrogens with zero attached hydrogens (tertiary/aromatic N) is 4. The molecule has 24 heavy (non-hydrogen) atoms. The maximum absolute atomic E-state index is 6.33. The molecule has 3 rings (SSSR count). The van der Waals surface area contributed by atoms with Gasteiger partial charge in [-0.2, -0.15) is 0 Å². The number of pyridine rings is 1. The number of hydrogen-bond acceptors (Lipinski definition) is 6. The highest BCUT2D eigenvalue weighted by Gasteiger charge is 2.15. The van der Waals surface area contributed by atoms with Crippen LogP contribution in [0.3, 0.4) is 0 Å². The Kier molecular flexibility index (Phi) is 4.56. The molecule has 0 aliphatic heterocycles. The van der Waals surface area contributed by atoms with Crippen LogP contribution in [-0.4, -0.2) is 21.5 Å². The molecule has 0 spiro atoms. The molecule has 0 aliphatic rings. The van der Waals surface area contributed by atoms with Gasteiger partial charge in [0.2, 0.25) is 0 Å². The second kappa shape index (κ2) is 6.95. The molecule has 0 bridgehead atoms. The molecule has 6 heteroatoms. The minimum atomic E-state index is 0.492. The Morgan fingerprint density at radius 1 is 1.04 bits per heavy atom. The second-order valence-electron chi connectivity index (χ2n) is 5.33. The molecule has 0 aliphatic carbocycles. The van der Waals surface area contributed by atoms with E-state index < -0.39 is 0 Å². The van der Waals surface area contributed by atoms with E-state index in [1.165, 1.54) is 6.33 Å². The summed E-state index contributed by atoms with van der Waals surface area (Å²) in [4.78, 5) is 15.1. The van der Waals surface area contributed by atoms with Gasteiger partial charge in [0.25, 0.3) is 0 Å². The first-order valence-corrected chi connectivity index (χ1v) is 7.82. The highest BCUT2D eigenvalue weighted by molar-refractivity contribution is 5.80. The van der Waals surface area contributed by atoms with E-state index in [-0.39, 0.29) is 0 Å². The van der Waals surface area contributed by atoms with E-state index in [0.29, 0.717) is 23.1 Å². The summed E-state index contributed by atoms with van der Waals surface area (Å²) < 4.78 is 0. The van der Waals surface area contributed by atoms with Crippen molar-refractivity contribution in [2.45, 2.75) is 13.8 Å². The van der Waals surface area contributed by atoms with Crippen LogP contribution in [0.25, 0.3) is 0 Å². The van der Waals surface area contributed by atoms with E-state index in [9.17, 15) is 0 Å². The van der Waals surface area contributed by atoms with E-state index >= 15 is 0 Å².